The van der Waals surface area contributed by atoms with Crippen molar-refractivity contribution in [3.63, 3.8) is 0 Å². The minimum absolute atomic E-state index is 0.0461. The number of nitriles is 1. The summed E-state index contributed by atoms with van der Waals surface area (Å²) in [6, 6.07) is 11.3. The van der Waals surface area contributed by atoms with Gasteiger partial charge in [-0.3, -0.25) is 14.8 Å². The van der Waals surface area contributed by atoms with E-state index in [2.05, 4.69) is 49.9 Å². The number of hydrogen-bond donors (Lipinski definition) is 0. The van der Waals surface area contributed by atoms with Crippen molar-refractivity contribution in [3.8, 4) is 29.1 Å². The molecular weight excluding hydrogens is 616 g/mol. The Balaban J connectivity index is 1.47. The highest BCUT2D eigenvalue weighted by Crippen LogP contribution is 2.52. The maximum atomic E-state index is 13.2. The van der Waals surface area contributed by atoms with Gasteiger partial charge < -0.3 is 23.7 Å². The average molecular weight is 650 g/mol. The number of carbonyl (C=O) groups excluding carboxylic acids is 1. The fourth-order valence-corrected chi connectivity index (χ4v) is 7.47. The van der Waals surface area contributed by atoms with Crippen LogP contribution >= 0.6 is 15.9 Å². The molecule has 4 heterocycles. The highest BCUT2D eigenvalue weighted by atomic mass is 79.9. The number of fused-ring (bicyclic) bond motifs is 7. The van der Waals surface area contributed by atoms with Gasteiger partial charge in [-0.2, -0.15) is 5.26 Å². The van der Waals surface area contributed by atoms with Gasteiger partial charge in [-0.15, -0.1) is 0 Å². The summed E-state index contributed by atoms with van der Waals surface area (Å²) in [5.41, 5.74) is 4.64. The molecule has 3 aliphatic heterocycles. The maximum absolute atomic E-state index is 13.2. The van der Waals surface area contributed by atoms with Crippen molar-refractivity contribution in [3.05, 3.63) is 75.0 Å². The van der Waals surface area contributed by atoms with Gasteiger partial charge in [0.15, 0.2) is 23.0 Å². The Morgan fingerprint density at radius 2 is 1.49 bits per heavy atom. The summed E-state index contributed by atoms with van der Waals surface area (Å²) in [6.07, 6.45) is 4.42. The van der Waals surface area contributed by atoms with E-state index >= 15 is 0 Å². The Bertz CT molecular complexity index is 1610. The number of rotatable bonds is 7. The second-order valence-corrected chi connectivity index (χ2v) is 11.9. The third kappa shape index (κ3) is 4.87. The highest BCUT2D eigenvalue weighted by molar-refractivity contribution is 9.10. The molecule has 0 saturated carbocycles. The molecule has 3 aromatic rings. The van der Waals surface area contributed by atoms with Gasteiger partial charge >= 0.3 is 5.97 Å². The van der Waals surface area contributed by atoms with E-state index in [1.807, 2.05) is 18.2 Å². The first-order chi connectivity index (χ1) is 20.8. The first-order valence-corrected chi connectivity index (χ1v) is 14.8. The maximum Gasteiger partial charge on any atom is 0.339 e. The lowest BCUT2D eigenvalue weighted by atomic mass is 9.72. The Morgan fingerprint density at radius 3 is 2.09 bits per heavy atom. The van der Waals surface area contributed by atoms with Crippen molar-refractivity contribution in [1.29, 1.82) is 5.26 Å². The summed E-state index contributed by atoms with van der Waals surface area (Å²) in [5.74, 6) is 2.06. The van der Waals surface area contributed by atoms with Gasteiger partial charge in [-0.1, -0.05) is 0 Å². The second kappa shape index (κ2) is 11.7. The van der Waals surface area contributed by atoms with E-state index in [-0.39, 0.29) is 24.7 Å². The van der Waals surface area contributed by atoms with Crippen LogP contribution < -0.4 is 18.9 Å². The van der Waals surface area contributed by atoms with Gasteiger partial charge in [0, 0.05) is 29.0 Å². The number of piperazine rings is 1. The van der Waals surface area contributed by atoms with E-state index in [9.17, 15) is 10.1 Å². The lowest BCUT2D eigenvalue weighted by Gasteiger charge is -2.59. The SMILES string of the molecule is COc1cc2c(cc1OC)[C@@H]1[C@@H]3Cc4cc(OC)c(OC)cc4[C@H](COC(=O)c4cncc(Br)c4)N3[C@@H](C#N)[C@H](C2)N1C. The summed E-state index contributed by atoms with van der Waals surface area (Å²) in [7, 11) is 8.58. The van der Waals surface area contributed by atoms with Gasteiger partial charge in [-0.05, 0) is 88.4 Å². The minimum Gasteiger partial charge on any atom is -0.493 e. The summed E-state index contributed by atoms with van der Waals surface area (Å²) < 4.78 is 29.3. The number of benzene rings is 2. The van der Waals surface area contributed by atoms with Crippen molar-refractivity contribution in [2.45, 2.75) is 43.1 Å². The van der Waals surface area contributed by atoms with Crippen LogP contribution in [-0.4, -0.2) is 81.0 Å². The molecule has 2 bridgehead atoms. The fraction of sp³-hybridized carbons (Fsp3) is 0.406. The molecule has 0 aliphatic carbocycles. The van der Waals surface area contributed by atoms with Crippen molar-refractivity contribution < 1.29 is 28.5 Å². The predicted molar refractivity (Wildman–Crippen MR) is 161 cm³/mol. The van der Waals surface area contributed by atoms with Crippen LogP contribution in [0, 0.1) is 11.3 Å². The zero-order valence-corrected chi connectivity index (χ0v) is 26.3. The Labute approximate surface area is 259 Å². The Morgan fingerprint density at radius 1 is 0.907 bits per heavy atom. The lowest BCUT2D eigenvalue weighted by Crippen LogP contribution is -2.68. The van der Waals surface area contributed by atoms with Gasteiger partial charge in [0.1, 0.15) is 12.6 Å². The smallest absolute Gasteiger partial charge is 0.339 e. The van der Waals surface area contributed by atoms with Crippen LogP contribution in [0.2, 0.25) is 0 Å². The third-order valence-corrected chi connectivity index (χ3v) is 9.46. The molecule has 224 valence electrons. The number of pyridine rings is 1. The van der Waals surface area contributed by atoms with Gasteiger partial charge in [0.05, 0.1) is 52.2 Å². The largest absolute Gasteiger partial charge is 0.493 e. The molecule has 1 fully saturated rings. The van der Waals surface area contributed by atoms with E-state index in [1.165, 1.54) is 6.20 Å². The van der Waals surface area contributed by atoms with Crippen LogP contribution in [0.15, 0.2) is 47.2 Å². The molecule has 0 N–H and O–H groups in total. The molecular formula is C32H33BrN4O6. The number of methoxy groups -OCH3 is 4. The first-order valence-electron chi connectivity index (χ1n) is 14.0. The summed E-state index contributed by atoms with van der Waals surface area (Å²) in [6.45, 7) is 0.0461. The van der Waals surface area contributed by atoms with Crippen LogP contribution in [0.5, 0.6) is 23.0 Å². The van der Waals surface area contributed by atoms with Crippen molar-refractivity contribution >= 4 is 21.9 Å². The normalized spacial score (nSPS) is 24.1. The molecule has 0 amide bonds. The van der Waals surface area contributed by atoms with E-state index < -0.39 is 18.1 Å². The molecule has 6 rings (SSSR count). The fourth-order valence-electron chi connectivity index (χ4n) is 7.11. The molecule has 1 saturated heterocycles. The number of nitrogens with zero attached hydrogens (tertiary/aromatic N) is 4. The number of aromatic nitrogens is 1. The highest BCUT2D eigenvalue weighted by Gasteiger charge is 2.54. The lowest BCUT2D eigenvalue weighted by molar-refractivity contribution is -0.0832. The topological polar surface area (TPSA) is 106 Å². The van der Waals surface area contributed by atoms with Gasteiger partial charge in [-0.25, -0.2) is 4.79 Å². The number of esters is 1. The second-order valence-electron chi connectivity index (χ2n) is 11.0. The predicted octanol–water partition coefficient (Wildman–Crippen LogP) is 4.51. The molecule has 2 aromatic carbocycles. The summed E-state index contributed by atoms with van der Waals surface area (Å²) in [4.78, 5) is 21.9. The van der Waals surface area contributed by atoms with Crippen LogP contribution in [0.25, 0.3) is 0 Å². The number of carbonyl (C=O) groups is 1. The molecule has 1 aromatic heterocycles. The molecule has 43 heavy (non-hydrogen) atoms. The molecule has 3 aliphatic rings. The average Bonchev–Trinajstić information content (AvgIpc) is 3.02. The van der Waals surface area contributed by atoms with E-state index in [0.717, 1.165) is 22.3 Å². The number of likely N-dealkylation sites (N-methyl/N-ethyl adjacent to an activating group) is 1. The Kier molecular flexibility index (Phi) is 7.94. The van der Waals surface area contributed by atoms with Crippen molar-refractivity contribution in [1.82, 2.24) is 14.8 Å². The number of hydrogen-bond acceptors (Lipinski definition) is 10. The molecule has 0 radical (unpaired) electrons. The molecule has 10 nitrogen and oxygen atoms in total. The van der Waals surface area contributed by atoms with Crippen LogP contribution in [-0.2, 0) is 17.6 Å². The van der Waals surface area contributed by atoms with Gasteiger partial charge in [0.25, 0.3) is 0 Å². The molecule has 0 spiro atoms. The quantitative estimate of drug-likeness (QED) is 0.340. The summed E-state index contributed by atoms with van der Waals surface area (Å²) >= 11 is 3.38. The number of halogens is 1. The monoisotopic (exact) mass is 648 g/mol. The van der Waals surface area contributed by atoms with Crippen LogP contribution in [0.1, 0.15) is 44.7 Å². The van der Waals surface area contributed by atoms with Crippen molar-refractivity contribution in [2.75, 3.05) is 42.1 Å². The zero-order valence-electron chi connectivity index (χ0n) is 24.7. The van der Waals surface area contributed by atoms with Crippen LogP contribution in [0.4, 0.5) is 0 Å². The van der Waals surface area contributed by atoms with E-state index in [0.29, 0.717) is 45.9 Å². The molecule has 5 atom stereocenters. The summed E-state index contributed by atoms with van der Waals surface area (Å²) in [5, 5.41) is 10.7. The number of ether oxygens (including phenoxy) is 5. The zero-order chi connectivity index (χ0) is 30.4. The van der Waals surface area contributed by atoms with Gasteiger partial charge in [0.2, 0.25) is 0 Å². The standard InChI is InChI=1S/C32H33BrN4O6/c1-36-23-7-18-10-28(40-3)30(42-5)12-22(18)31(36)24-8-17-9-27(39-2)29(41-4)11-21(17)26(37(24)25(23)13-34)16-43-32(38)19-6-20(33)15-35-14-19/h6,9-12,14-15,23-26,31H,7-8,16H2,1-5H3/t23-,24-,25-,26-,31+/m0/s1. The van der Waals surface area contributed by atoms with Crippen LogP contribution in [0.3, 0.4) is 0 Å². The Hall–Kier alpha value is -3.85. The first kappa shape index (κ1) is 29.2. The minimum atomic E-state index is -0.483. The van der Waals surface area contributed by atoms with E-state index in [1.54, 1.807) is 40.7 Å². The van der Waals surface area contributed by atoms with E-state index in [4.69, 9.17) is 23.7 Å². The molecule has 0 unspecified atom stereocenters. The third-order valence-electron chi connectivity index (χ3n) is 9.03. The van der Waals surface area contributed by atoms with Crippen molar-refractivity contribution in [2.24, 2.45) is 0 Å². The molecule has 11 heteroatoms.